The van der Waals surface area contributed by atoms with E-state index in [0.29, 0.717) is 29.6 Å². The molecule has 1 heterocycles. The second-order valence-corrected chi connectivity index (χ2v) is 8.98. The Bertz CT molecular complexity index is 723. The zero-order valence-electron chi connectivity index (χ0n) is 16.1. The number of hydrogen-bond donors (Lipinski definition) is 0. The highest BCUT2D eigenvalue weighted by atomic mass is 35.5. The molecule has 1 aliphatic carbocycles. The fraction of sp³-hybridized carbons (Fsp3) is 0.545. The van der Waals surface area contributed by atoms with E-state index in [1.54, 1.807) is 24.3 Å². The number of amides is 1. The predicted molar refractivity (Wildman–Crippen MR) is 105 cm³/mol. The number of allylic oxidation sites excluding steroid dienone is 2. The molecule has 4 heteroatoms. The molecule has 0 aromatic heterocycles. The van der Waals surface area contributed by atoms with Gasteiger partial charge in [-0.3, -0.25) is 9.59 Å². The normalized spacial score (nSPS) is 24.9. The number of benzene rings is 1. The van der Waals surface area contributed by atoms with Crippen LogP contribution in [0.3, 0.4) is 0 Å². The monoisotopic (exact) mass is 373 g/mol. The summed E-state index contributed by atoms with van der Waals surface area (Å²) in [6.07, 6.45) is 3.72. The maximum atomic E-state index is 12.9. The third kappa shape index (κ3) is 3.73. The molecule has 2 aliphatic rings. The lowest BCUT2D eigenvalue weighted by Gasteiger charge is -2.32. The minimum absolute atomic E-state index is 0.000942. The maximum Gasteiger partial charge on any atom is 0.226 e. The van der Waals surface area contributed by atoms with Crippen LogP contribution in [0.1, 0.15) is 50.9 Å². The summed E-state index contributed by atoms with van der Waals surface area (Å²) in [5, 5.41) is 0.639. The molecular formula is C22H28ClNO2. The van der Waals surface area contributed by atoms with Gasteiger partial charge in [0.2, 0.25) is 5.91 Å². The van der Waals surface area contributed by atoms with Crippen LogP contribution in [0.4, 0.5) is 0 Å². The number of ketones is 1. The molecule has 0 radical (unpaired) electrons. The molecule has 26 heavy (non-hydrogen) atoms. The first-order chi connectivity index (χ1) is 12.2. The molecule has 0 N–H and O–H groups in total. The highest BCUT2D eigenvalue weighted by Gasteiger charge is 2.61. The van der Waals surface area contributed by atoms with Gasteiger partial charge in [-0.1, -0.05) is 37.1 Å². The summed E-state index contributed by atoms with van der Waals surface area (Å²) in [6, 6.07) is 7.09. The third-order valence-corrected chi connectivity index (χ3v) is 6.25. The first-order valence-electron chi connectivity index (χ1n) is 9.45. The SMILES string of the molecule is CC(C)=C[C@@H]1[C@@H](C(=O)N2CCC(C(=O)c3ccc(Cl)cc3)CC2)C1(C)C. The number of carbonyl (C=O) groups excluding carboxylic acids is 2. The molecule has 2 fully saturated rings. The number of hydrogen-bond acceptors (Lipinski definition) is 2. The minimum Gasteiger partial charge on any atom is -0.342 e. The number of carbonyl (C=O) groups is 2. The van der Waals surface area contributed by atoms with E-state index in [2.05, 4.69) is 33.8 Å². The Balaban J connectivity index is 1.59. The number of rotatable bonds is 4. The van der Waals surface area contributed by atoms with Crippen LogP contribution in [0.25, 0.3) is 0 Å². The summed E-state index contributed by atoms with van der Waals surface area (Å²) in [5.41, 5.74) is 2.03. The molecule has 0 unspecified atom stereocenters. The Morgan fingerprint density at radius 3 is 2.23 bits per heavy atom. The van der Waals surface area contributed by atoms with E-state index < -0.39 is 0 Å². The smallest absolute Gasteiger partial charge is 0.226 e. The van der Waals surface area contributed by atoms with Gasteiger partial charge in [0.15, 0.2) is 5.78 Å². The van der Waals surface area contributed by atoms with Crippen LogP contribution >= 0.6 is 11.6 Å². The van der Waals surface area contributed by atoms with Gasteiger partial charge in [-0.15, -0.1) is 0 Å². The average Bonchev–Trinajstić information content (AvgIpc) is 3.13. The highest BCUT2D eigenvalue weighted by Crippen LogP contribution is 2.60. The lowest BCUT2D eigenvalue weighted by atomic mass is 9.88. The van der Waals surface area contributed by atoms with Crippen molar-refractivity contribution >= 4 is 23.3 Å². The van der Waals surface area contributed by atoms with Crippen molar-refractivity contribution in [3.63, 3.8) is 0 Å². The molecule has 1 saturated carbocycles. The Morgan fingerprint density at radius 1 is 1.12 bits per heavy atom. The van der Waals surface area contributed by atoms with Gasteiger partial charge in [0, 0.05) is 29.6 Å². The molecule has 2 atom stereocenters. The van der Waals surface area contributed by atoms with Gasteiger partial charge >= 0.3 is 0 Å². The summed E-state index contributed by atoms with van der Waals surface area (Å²) < 4.78 is 0. The van der Waals surface area contributed by atoms with Gasteiger partial charge in [0.05, 0.1) is 5.92 Å². The van der Waals surface area contributed by atoms with Crippen molar-refractivity contribution in [1.82, 2.24) is 4.90 Å². The van der Waals surface area contributed by atoms with Gasteiger partial charge in [-0.25, -0.2) is 0 Å². The Labute approximate surface area is 161 Å². The first-order valence-corrected chi connectivity index (χ1v) is 9.83. The van der Waals surface area contributed by atoms with Gasteiger partial charge < -0.3 is 4.90 Å². The molecule has 1 aromatic rings. The fourth-order valence-electron chi connectivity index (χ4n) is 4.23. The second-order valence-electron chi connectivity index (χ2n) is 8.54. The standard InChI is InChI=1S/C22H28ClNO2/c1-14(2)13-18-19(22(18,3)4)21(26)24-11-9-16(10-12-24)20(25)15-5-7-17(23)8-6-15/h5-8,13,16,18-19H,9-12H2,1-4H3/t18-,19+/m1/s1. The molecule has 1 saturated heterocycles. The molecule has 1 aromatic carbocycles. The van der Waals surface area contributed by atoms with E-state index in [4.69, 9.17) is 11.6 Å². The summed E-state index contributed by atoms with van der Waals surface area (Å²) in [4.78, 5) is 27.6. The van der Waals surface area contributed by atoms with Crippen molar-refractivity contribution in [2.45, 2.75) is 40.5 Å². The molecule has 0 spiro atoms. The van der Waals surface area contributed by atoms with E-state index in [0.717, 1.165) is 12.8 Å². The lowest BCUT2D eigenvalue weighted by molar-refractivity contribution is -0.134. The summed E-state index contributed by atoms with van der Waals surface area (Å²) in [5.74, 6) is 0.855. The molecule has 3 rings (SSSR count). The predicted octanol–water partition coefficient (Wildman–Crippen LogP) is 5.00. The van der Waals surface area contributed by atoms with E-state index in [1.807, 2.05) is 4.90 Å². The summed E-state index contributed by atoms with van der Waals surface area (Å²) in [7, 11) is 0. The number of likely N-dealkylation sites (tertiary alicyclic amines) is 1. The molecule has 0 bridgehead atoms. The quantitative estimate of drug-likeness (QED) is 0.550. The third-order valence-electron chi connectivity index (χ3n) is 6.00. The van der Waals surface area contributed by atoms with Gasteiger partial charge in [0.1, 0.15) is 0 Å². The maximum absolute atomic E-state index is 12.9. The zero-order valence-corrected chi connectivity index (χ0v) is 16.8. The summed E-state index contributed by atoms with van der Waals surface area (Å²) in [6.45, 7) is 9.88. The van der Waals surface area contributed by atoms with Crippen molar-refractivity contribution in [3.8, 4) is 0 Å². The minimum atomic E-state index is 0.000942. The largest absolute Gasteiger partial charge is 0.342 e. The Hall–Kier alpha value is -1.61. The number of Topliss-reactive ketones (excluding diaryl/α,β-unsaturated/α-hetero) is 1. The molecule has 3 nitrogen and oxygen atoms in total. The van der Waals surface area contributed by atoms with Gasteiger partial charge in [-0.05, 0) is 62.3 Å². The van der Waals surface area contributed by atoms with Crippen LogP contribution < -0.4 is 0 Å². The fourth-order valence-corrected chi connectivity index (χ4v) is 4.35. The number of halogens is 1. The molecule has 1 amide bonds. The van der Waals surface area contributed by atoms with Crippen molar-refractivity contribution in [3.05, 3.63) is 46.5 Å². The van der Waals surface area contributed by atoms with Crippen molar-refractivity contribution in [1.29, 1.82) is 0 Å². The van der Waals surface area contributed by atoms with Gasteiger partial charge in [0.25, 0.3) is 0 Å². The second kappa shape index (κ2) is 7.19. The first kappa shape index (κ1) is 19.2. The van der Waals surface area contributed by atoms with E-state index in [-0.39, 0.29) is 28.9 Å². The Morgan fingerprint density at radius 2 is 1.69 bits per heavy atom. The van der Waals surface area contributed by atoms with Gasteiger partial charge in [-0.2, -0.15) is 0 Å². The molecular weight excluding hydrogens is 346 g/mol. The van der Waals surface area contributed by atoms with E-state index in [1.165, 1.54) is 5.57 Å². The zero-order chi connectivity index (χ0) is 19.1. The van der Waals surface area contributed by atoms with Crippen LogP contribution in [0.2, 0.25) is 5.02 Å². The van der Waals surface area contributed by atoms with Crippen molar-refractivity contribution in [2.75, 3.05) is 13.1 Å². The summed E-state index contributed by atoms with van der Waals surface area (Å²) >= 11 is 5.90. The van der Waals surface area contributed by atoms with Crippen LogP contribution in [0.5, 0.6) is 0 Å². The van der Waals surface area contributed by atoms with Crippen LogP contribution in [-0.2, 0) is 4.79 Å². The Kier molecular flexibility index (Phi) is 5.30. The molecule has 1 aliphatic heterocycles. The number of nitrogens with zero attached hydrogens (tertiary/aromatic N) is 1. The highest BCUT2D eigenvalue weighted by molar-refractivity contribution is 6.30. The molecule has 140 valence electrons. The van der Waals surface area contributed by atoms with E-state index >= 15 is 0 Å². The van der Waals surface area contributed by atoms with E-state index in [9.17, 15) is 9.59 Å². The van der Waals surface area contributed by atoms with Crippen LogP contribution in [0, 0.1) is 23.2 Å². The van der Waals surface area contributed by atoms with Crippen LogP contribution in [-0.4, -0.2) is 29.7 Å². The average molecular weight is 374 g/mol. The lowest BCUT2D eigenvalue weighted by Crippen LogP contribution is -2.41. The number of piperidine rings is 1. The van der Waals surface area contributed by atoms with Crippen molar-refractivity contribution < 1.29 is 9.59 Å². The van der Waals surface area contributed by atoms with Crippen LogP contribution in [0.15, 0.2) is 35.9 Å². The van der Waals surface area contributed by atoms with Crippen molar-refractivity contribution in [2.24, 2.45) is 23.2 Å². The topological polar surface area (TPSA) is 37.4 Å².